The van der Waals surface area contributed by atoms with Gasteiger partial charge < -0.3 is 10.1 Å². The van der Waals surface area contributed by atoms with Gasteiger partial charge in [0, 0.05) is 17.6 Å². The van der Waals surface area contributed by atoms with E-state index in [1.54, 1.807) is 0 Å². The van der Waals surface area contributed by atoms with E-state index in [1.807, 2.05) is 54.6 Å². The minimum Gasteiger partial charge on any atom is -0.452 e. The van der Waals surface area contributed by atoms with Crippen molar-refractivity contribution >= 4 is 22.8 Å². The highest BCUT2D eigenvalue weighted by Crippen LogP contribution is 2.31. The lowest BCUT2D eigenvalue weighted by molar-refractivity contribution is -0.124. The van der Waals surface area contributed by atoms with Gasteiger partial charge in [0.05, 0.1) is 11.1 Å². The van der Waals surface area contributed by atoms with E-state index in [0.717, 1.165) is 47.0 Å². The molecule has 0 bridgehead atoms. The van der Waals surface area contributed by atoms with Crippen LogP contribution in [0.15, 0.2) is 54.6 Å². The highest BCUT2D eigenvalue weighted by molar-refractivity contribution is 6.05. The summed E-state index contributed by atoms with van der Waals surface area (Å²) in [5.41, 5.74) is 4.30. The molecule has 1 amide bonds. The van der Waals surface area contributed by atoms with Crippen LogP contribution in [-0.4, -0.2) is 23.5 Å². The molecule has 4 rings (SSSR count). The van der Waals surface area contributed by atoms with Gasteiger partial charge in [-0.3, -0.25) is 9.78 Å². The number of pyridine rings is 1. The molecule has 148 valence electrons. The fourth-order valence-corrected chi connectivity index (χ4v) is 3.85. The molecule has 0 saturated carbocycles. The molecule has 1 N–H and O–H groups in total. The van der Waals surface area contributed by atoms with E-state index in [4.69, 9.17) is 9.72 Å². The quantitative estimate of drug-likeness (QED) is 0.675. The molecule has 1 aliphatic carbocycles. The molecule has 3 aromatic rings. The van der Waals surface area contributed by atoms with Crippen molar-refractivity contribution in [3.63, 3.8) is 0 Å². The van der Waals surface area contributed by atoms with Crippen molar-refractivity contribution in [1.29, 1.82) is 0 Å². The summed E-state index contributed by atoms with van der Waals surface area (Å²) in [6, 6.07) is 17.2. The fraction of sp³-hybridized carbons (Fsp3) is 0.292. The summed E-state index contributed by atoms with van der Waals surface area (Å²) in [6.45, 7) is 2.29. The second-order valence-corrected chi connectivity index (χ2v) is 7.62. The zero-order valence-corrected chi connectivity index (χ0v) is 16.5. The summed E-state index contributed by atoms with van der Waals surface area (Å²) >= 11 is 0. The molecule has 2 aromatic carbocycles. The monoisotopic (exact) mass is 388 g/mol. The van der Waals surface area contributed by atoms with E-state index in [-0.39, 0.29) is 12.5 Å². The number of benzene rings is 2. The Labute approximate surface area is 170 Å². The van der Waals surface area contributed by atoms with Gasteiger partial charge in [-0.1, -0.05) is 55.5 Å². The normalized spacial score (nSPS) is 15.6. The lowest BCUT2D eigenvalue weighted by atomic mass is 9.84. The number of amides is 1. The first-order valence-corrected chi connectivity index (χ1v) is 10.00. The van der Waals surface area contributed by atoms with Gasteiger partial charge in [-0.15, -0.1) is 0 Å². The number of rotatable bonds is 5. The van der Waals surface area contributed by atoms with Crippen LogP contribution in [0.25, 0.3) is 10.9 Å². The Morgan fingerprint density at radius 2 is 1.86 bits per heavy atom. The number of para-hydroxylation sites is 1. The van der Waals surface area contributed by atoms with Crippen molar-refractivity contribution < 1.29 is 14.3 Å². The Bertz CT molecular complexity index is 1050. The Hall–Kier alpha value is -3.21. The van der Waals surface area contributed by atoms with E-state index in [2.05, 4.69) is 12.2 Å². The predicted octanol–water partition coefficient (Wildman–Crippen LogP) is 3.83. The molecule has 0 fully saturated rings. The molecule has 5 nitrogen and oxygen atoms in total. The van der Waals surface area contributed by atoms with Gasteiger partial charge in [0.1, 0.15) is 0 Å². The zero-order chi connectivity index (χ0) is 20.2. The van der Waals surface area contributed by atoms with E-state index >= 15 is 0 Å². The minimum atomic E-state index is -0.455. The van der Waals surface area contributed by atoms with Crippen LogP contribution in [0.2, 0.25) is 0 Å². The SMILES string of the molecule is C[C@H]1CCc2nc3ccccc3c(C(=O)OCC(=O)NCc3ccccc3)c2C1. The van der Waals surface area contributed by atoms with Crippen molar-refractivity contribution in [2.75, 3.05) is 6.61 Å². The molecule has 5 heteroatoms. The molecule has 0 unspecified atom stereocenters. The molecular weight excluding hydrogens is 364 g/mol. The van der Waals surface area contributed by atoms with E-state index in [0.29, 0.717) is 18.0 Å². The van der Waals surface area contributed by atoms with E-state index in [1.165, 1.54) is 0 Å². The molecular formula is C24H24N2O3. The number of aryl methyl sites for hydroxylation is 1. The van der Waals surface area contributed by atoms with Gasteiger partial charge >= 0.3 is 5.97 Å². The number of carbonyl (C=O) groups is 2. The van der Waals surface area contributed by atoms with Crippen LogP contribution in [0.3, 0.4) is 0 Å². The standard InChI is InChI=1S/C24H24N2O3/c1-16-11-12-21-19(13-16)23(18-9-5-6-10-20(18)26-21)24(28)29-15-22(27)25-14-17-7-3-2-4-8-17/h2-10,16H,11-15H2,1H3,(H,25,27)/t16-/m0/s1. The number of ether oxygens (including phenoxy) is 1. The predicted molar refractivity (Wildman–Crippen MR) is 112 cm³/mol. The van der Waals surface area contributed by atoms with Crippen molar-refractivity contribution in [3.8, 4) is 0 Å². The maximum absolute atomic E-state index is 13.0. The Morgan fingerprint density at radius 1 is 1.10 bits per heavy atom. The molecule has 0 radical (unpaired) electrons. The third-order valence-electron chi connectivity index (χ3n) is 5.38. The van der Waals surface area contributed by atoms with Gasteiger partial charge in [0.15, 0.2) is 6.61 Å². The fourth-order valence-electron chi connectivity index (χ4n) is 3.85. The first-order valence-electron chi connectivity index (χ1n) is 10.00. The number of aromatic nitrogens is 1. The number of carbonyl (C=O) groups excluding carboxylic acids is 2. The molecule has 0 aliphatic heterocycles. The van der Waals surface area contributed by atoms with Crippen LogP contribution in [0.1, 0.15) is 40.5 Å². The highest BCUT2D eigenvalue weighted by Gasteiger charge is 2.26. The molecule has 1 aromatic heterocycles. The van der Waals surface area contributed by atoms with Crippen LogP contribution in [0.4, 0.5) is 0 Å². The van der Waals surface area contributed by atoms with E-state index in [9.17, 15) is 9.59 Å². The maximum Gasteiger partial charge on any atom is 0.339 e. The van der Waals surface area contributed by atoms with Gasteiger partial charge in [0.2, 0.25) is 0 Å². The van der Waals surface area contributed by atoms with E-state index < -0.39 is 5.97 Å². The molecule has 29 heavy (non-hydrogen) atoms. The summed E-state index contributed by atoms with van der Waals surface area (Å²) in [7, 11) is 0. The minimum absolute atomic E-state index is 0.299. The number of hydrogen-bond donors (Lipinski definition) is 1. The number of nitrogens with zero attached hydrogens (tertiary/aromatic N) is 1. The van der Waals surface area contributed by atoms with Crippen LogP contribution >= 0.6 is 0 Å². The van der Waals surface area contributed by atoms with Crippen LogP contribution < -0.4 is 5.32 Å². The summed E-state index contributed by atoms with van der Waals surface area (Å²) in [6.07, 6.45) is 2.73. The molecule has 1 aliphatic rings. The number of fused-ring (bicyclic) bond motifs is 2. The van der Waals surface area contributed by atoms with Crippen molar-refractivity contribution in [3.05, 3.63) is 77.0 Å². The zero-order valence-electron chi connectivity index (χ0n) is 16.5. The van der Waals surface area contributed by atoms with Gasteiger partial charge in [-0.2, -0.15) is 0 Å². The molecule has 0 saturated heterocycles. The third-order valence-corrected chi connectivity index (χ3v) is 5.38. The van der Waals surface area contributed by atoms with Crippen LogP contribution in [-0.2, 0) is 28.9 Å². The molecule has 1 heterocycles. The number of hydrogen-bond acceptors (Lipinski definition) is 4. The molecule has 0 spiro atoms. The molecule has 1 atom stereocenters. The Kier molecular flexibility index (Phi) is 5.56. The second kappa shape index (κ2) is 8.43. The first kappa shape index (κ1) is 19.1. The van der Waals surface area contributed by atoms with Gasteiger partial charge in [-0.25, -0.2) is 4.79 Å². The number of nitrogens with one attached hydrogen (secondary N) is 1. The van der Waals surface area contributed by atoms with Gasteiger partial charge in [-0.05, 0) is 42.4 Å². The van der Waals surface area contributed by atoms with Crippen molar-refractivity contribution in [2.24, 2.45) is 5.92 Å². The van der Waals surface area contributed by atoms with Crippen molar-refractivity contribution in [2.45, 2.75) is 32.7 Å². The number of esters is 1. The lowest BCUT2D eigenvalue weighted by Crippen LogP contribution is -2.29. The van der Waals surface area contributed by atoms with Gasteiger partial charge in [0.25, 0.3) is 5.91 Å². The maximum atomic E-state index is 13.0. The largest absolute Gasteiger partial charge is 0.452 e. The summed E-state index contributed by atoms with van der Waals surface area (Å²) in [4.78, 5) is 29.9. The Balaban J connectivity index is 1.51. The average Bonchev–Trinajstić information content (AvgIpc) is 2.75. The Morgan fingerprint density at radius 3 is 2.69 bits per heavy atom. The topological polar surface area (TPSA) is 68.3 Å². The average molecular weight is 388 g/mol. The first-order chi connectivity index (χ1) is 14.1. The lowest BCUT2D eigenvalue weighted by Gasteiger charge is -2.24. The third kappa shape index (κ3) is 4.29. The summed E-state index contributed by atoms with van der Waals surface area (Å²) in [5, 5.41) is 3.57. The van der Waals surface area contributed by atoms with Crippen molar-refractivity contribution in [1.82, 2.24) is 10.3 Å². The van der Waals surface area contributed by atoms with Crippen LogP contribution in [0.5, 0.6) is 0 Å². The summed E-state index contributed by atoms with van der Waals surface area (Å²) in [5.74, 6) is -0.280. The van der Waals surface area contributed by atoms with Crippen LogP contribution in [0, 0.1) is 5.92 Å². The highest BCUT2D eigenvalue weighted by atomic mass is 16.5. The second-order valence-electron chi connectivity index (χ2n) is 7.62. The smallest absolute Gasteiger partial charge is 0.339 e. The summed E-state index contributed by atoms with van der Waals surface area (Å²) < 4.78 is 5.41.